The van der Waals surface area contributed by atoms with Crippen LogP contribution in [0.4, 0.5) is 0 Å². The number of hydrogen-bond donors (Lipinski definition) is 4. The molecule has 1 fully saturated rings. The molecular weight excluding hydrogens is 480 g/mol. The van der Waals surface area contributed by atoms with E-state index in [1.165, 1.54) is 13.1 Å². The van der Waals surface area contributed by atoms with E-state index in [2.05, 4.69) is 4.98 Å². The van der Waals surface area contributed by atoms with Gasteiger partial charge in [0.15, 0.2) is 6.23 Å². The molecule has 0 radical (unpaired) electrons. The maximum atomic E-state index is 12.7. The zero-order valence-corrected chi connectivity index (χ0v) is 20.5. The van der Waals surface area contributed by atoms with Gasteiger partial charge in [-0.1, -0.05) is 60.7 Å². The van der Waals surface area contributed by atoms with E-state index in [1.54, 1.807) is 0 Å². The maximum absolute atomic E-state index is 12.7. The first-order valence-electron chi connectivity index (χ1n) is 12.1. The SMILES string of the molecule is Cc1cn([C@@H]2O[C@H](COCc3ccccc3)[C@@](CC(O)CO)(OCc3ccccc3)[C@@H]2O)c(=O)[nH]c1=O. The topological polar surface area (TPSA) is 143 Å². The molecule has 4 N–H and O–H groups in total. The minimum absolute atomic E-state index is 0.0352. The van der Waals surface area contributed by atoms with Gasteiger partial charge in [0.2, 0.25) is 0 Å². The second kappa shape index (κ2) is 12.0. The molecule has 10 nitrogen and oxygen atoms in total. The first-order chi connectivity index (χ1) is 17.8. The number of ether oxygens (including phenoxy) is 3. The Hall–Kier alpha value is -3.12. The van der Waals surface area contributed by atoms with E-state index in [4.69, 9.17) is 14.2 Å². The molecule has 5 atom stereocenters. The minimum atomic E-state index is -1.55. The lowest BCUT2D eigenvalue weighted by Gasteiger charge is -2.37. The van der Waals surface area contributed by atoms with Gasteiger partial charge in [-0.3, -0.25) is 14.3 Å². The number of nitrogens with one attached hydrogen (secondary N) is 1. The van der Waals surface area contributed by atoms with Gasteiger partial charge in [0.05, 0.1) is 32.5 Å². The van der Waals surface area contributed by atoms with Crippen LogP contribution in [0, 0.1) is 6.92 Å². The van der Waals surface area contributed by atoms with E-state index in [9.17, 15) is 24.9 Å². The van der Waals surface area contributed by atoms with Crippen molar-refractivity contribution in [2.45, 2.75) is 56.7 Å². The van der Waals surface area contributed by atoms with Crippen molar-refractivity contribution in [3.05, 3.63) is 104 Å². The summed E-state index contributed by atoms with van der Waals surface area (Å²) in [5.41, 5.74) is -0.856. The Labute approximate surface area is 213 Å². The van der Waals surface area contributed by atoms with Crippen LogP contribution < -0.4 is 11.2 Å². The van der Waals surface area contributed by atoms with Crippen LogP contribution in [0.5, 0.6) is 0 Å². The number of hydrogen-bond acceptors (Lipinski definition) is 8. The minimum Gasteiger partial charge on any atom is -0.394 e. The quantitative estimate of drug-likeness (QED) is 0.298. The maximum Gasteiger partial charge on any atom is 0.330 e. The number of aromatic nitrogens is 2. The van der Waals surface area contributed by atoms with Gasteiger partial charge in [0, 0.05) is 18.2 Å². The number of aliphatic hydroxyl groups is 3. The summed E-state index contributed by atoms with van der Waals surface area (Å²) in [5.74, 6) is 0. The lowest BCUT2D eigenvalue weighted by molar-refractivity contribution is -0.169. The Morgan fingerprint density at radius 3 is 2.30 bits per heavy atom. The van der Waals surface area contributed by atoms with Crippen LogP contribution in [0.15, 0.2) is 76.4 Å². The molecule has 1 aliphatic heterocycles. The first kappa shape index (κ1) is 26.9. The predicted molar refractivity (Wildman–Crippen MR) is 134 cm³/mol. The molecule has 1 aliphatic rings. The highest BCUT2D eigenvalue weighted by Crippen LogP contribution is 2.43. The van der Waals surface area contributed by atoms with Crippen molar-refractivity contribution in [2.75, 3.05) is 13.2 Å². The fourth-order valence-corrected chi connectivity index (χ4v) is 4.54. The van der Waals surface area contributed by atoms with Crippen molar-refractivity contribution in [2.24, 2.45) is 0 Å². The largest absolute Gasteiger partial charge is 0.394 e. The second-order valence-electron chi connectivity index (χ2n) is 9.21. The van der Waals surface area contributed by atoms with Gasteiger partial charge < -0.3 is 29.5 Å². The molecule has 1 saturated heterocycles. The highest BCUT2D eigenvalue weighted by atomic mass is 16.6. The highest BCUT2D eigenvalue weighted by Gasteiger charge is 2.59. The third kappa shape index (κ3) is 6.07. The summed E-state index contributed by atoms with van der Waals surface area (Å²) in [6.07, 6.45) is -3.74. The number of rotatable bonds is 11. The Morgan fingerprint density at radius 2 is 1.68 bits per heavy atom. The average Bonchev–Trinajstić information content (AvgIpc) is 3.17. The Kier molecular flexibility index (Phi) is 8.70. The molecule has 2 aromatic carbocycles. The predicted octanol–water partition coefficient (Wildman–Crippen LogP) is 1.02. The number of aryl methyl sites for hydroxylation is 1. The zero-order chi connectivity index (χ0) is 26.4. The lowest BCUT2D eigenvalue weighted by atomic mass is 9.85. The molecule has 2 heterocycles. The van der Waals surface area contributed by atoms with Gasteiger partial charge in [0.25, 0.3) is 5.56 Å². The molecule has 0 saturated carbocycles. The van der Waals surface area contributed by atoms with Crippen molar-refractivity contribution in [1.82, 2.24) is 9.55 Å². The molecule has 10 heteroatoms. The van der Waals surface area contributed by atoms with Crippen LogP contribution >= 0.6 is 0 Å². The van der Waals surface area contributed by atoms with Gasteiger partial charge in [-0.2, -0.15) is 0 Å². The average molecular weight is 513 g/mol. The van der Waals surface area contributed by atoms with Gasteiger partial charge in [-0.05, 0) is 18.1 Å². The molecule has 198 valence electrons. The molecule has 0 amide bonds. The van der Waals surface area contributed by atoms with E-state index in [-0.39, 0.29) is 31.8 Å². The molecule has 3 aromatic rings. The van der Waals surface area contributed by atoms with Crippen molar-refractivity contribution in [3.63, 3.8) is 0 Å². The third-order valence-corrected chi connectivity index (χ3v) is 6.54. The Bertz CT molecular complexity index is 1260. The highest BCUT2D eigenvalue weighted by molar-refractivity contribution is 5.15. The van der Waals surface area contributed by atoms with E-state index < -0.39 is 48.0 Å². The summed E-state index contributed by atoms with van der Waals surface area (Å²) in [4.78, 5) is 26.8. The summed E-state index contributed by atoms with van der Waals surface area (Å²) in [6, 6.07) is 18.8. The molecule has 4 rings (SSSR count). The molecule has 1 aromatic heterocycles. The zero-order valence-electron chi connectivity index (χ0n) is 20.5. The fraction of sp³-hybridized carbons (Fsp3) is 0.407. The van der Waals surface area contributed by atoms with Crippen molar-refractivity contribution >= 4 is 0 Å². The van der Waals surface area contributed by atoms with E-state index >= 15 is 0 Å². The Balaban J connectivity index is 1.68. The Morgan fingerprint density at radius 1 is 1.05 bits per heavy atom. The van der Waals surface area contributed by atoms with Crippen molar-refractivity contribution < 1.29 is 29.5 Å². The summed E-state index contributed by atoms with van der Waals surface area (Å²) in [6.45, 7) is 1.26. The number of benzene rings is 2. The van der Waals surface area contributed by atoms with Gasteiger partial charge in [-0.25, -0.2) is 4.79 Å². The lowest BCUT2D eigenvalue weighted by Crippen LogP contribution is -2.54. The standard InChI is InChI=1S/C27H32N2O8/c1-18-13-29(26(34)28-24(18)33)25-23(32)27(12-21(31)14-30,36-16-20-10-6-3-7-11-20)22(37-25)17-35-15-19-8-4-2-5-9-19/h2-11,13,21-23,25,30-32H,12,14-17H2,1H3,(H,28,33,34)/t21?,22-,23-,25-,27-/m1/s1. The van der Waals surface area contributed by atoms with Gasteiger partial charge >= 0.3 is 5.69 Å². The molecule has 0 bridgehead atoms. The molecule has 37 heavy (non-hydrogen) atoms. The van der Waals surface area contributed by atoms with Crippen LogP contribution in [-0.2, 0) is 27.4 Å². The van der Waals surface area contributed by atoms with Crippen LogP contribution in [0.3, 0.4) is 0 Å². The van der Waals surface area contributed by atoms with Gasteiger partial charge in [0.1, 0.15) is 17.8 Å². The van der Waals surface area contributed by atoms with E-state index in [1.807, 2.05) is 60.7 Å². The van der Waals surface area contributed by atoms with Crippen LogP contribution in [0.2, 0.25) is 0 Å². The van der Waals surface area contributed by atoms with Crippen LogP contribution in [0.25, 0.3) is 0 Å². The molecule has 1 unspecified atom stereocenters. The number of aliphatic hydroxyl groups excluding tert-OH is 3. The molecular formula is C27H32N2O8. The molecule has 0 aliphatic carbocycles. The third-order valence-electron chi connectivity index (χ3n) is 6.54. The normalized spacial score (nSPS) is 24.3. The van der Waals surface area contributed by atoms with Crippen LogP contribution in [-0.4, -0.2) is 62.0 Å². The smallest absolute Gasteiger partial charge is 0.330 e. The van der Waals surface area contributed by atoms with Gasteiger partial charge in [-0.15, -0.1) is 0 Å². The van der Waals surface area contributed by atoms with Crippen molar-refractivity contribution in [1.29, 1.82) is 0 Å². The number of H-pyrrole nitrogens is 1. The fourth-order valence-electron chi connectivity index (χ4n) is 4.54. The summed E-state index contributed by atoms with van der Waals surface area (Å²) in [7, 11) is 0. The van der Waals surface area contributed by atoms with Crippen LogP contribution in [0.1, 0.15) is 29.3 Å². The van der Waals surface area contributed by atoms with E-state index in [0.717, 1.165) is 15.7 Å². The summed E-state index contributed by atoms with van der Waals surface area (Å²) >= 11 is 0. The second-order valence-corrected chi connectivity index (χ2v) is 9.21. The van der Waals surface area contributed by atoms with E-state index in [0.29, 0.717) is 0 Å². The van der Waals surface area contributed by atoms with Crippen molar-refractivity contribution in [3.8, 4) is 0 Å². The summed E-state index contributed by atoms with van der Waals surface area (Å²) < 4.78 is 19.5. The first-order valence-corrected chi connectivity index (χ1v) is 12.1. The summed E-state index contributed by atoms with van der Waals surface area (Å²) in [5, 5.41) is 31.7. The monoisotopic (exact) mass is 512 g/mol. The number of nitrogens with zero attached hydrogens (tertiary/aromatic N) is 1. The number of aromatic amines is 1. The molecule has 0 spiro atoms.